The Bertz CT molecular complexity index is 897. The van der Waals surface area contributed by atoms with Gasteiger partial charge in [0, 0.05) is 57.4 Å². The number of piperazine rings is 1. The largest absolute Gasteiger partial charge is 0.434 e. The van der Waals surface area contributed by atoms with Gasteiger partial charge in [0.25, 0.3) is 6.10 Å². The van der Waals surface area contributed by atoms with Gasteiger partial charge in [0.15, 0.2) is 0 Å². The van der Waals surface area contributed by atoms with Crippen molar-refractivity contribution in [2.24, 2.45) is 5.92 Å². The molecule has 0 spiro atoms. The summed E-state index contributed by atoms with van der Waals surface area (Å²) in [6.45, 7) is -0.314. The van der Waals surface area contributed by atoms with E-state index in [2.05, 4.69) is 4.74 Å². The predicted molar refractivity (Wildman–Crippen MR) is 107 cm³/mol. The molecule has 36 heavy (non-hydrogen) atoms. The third-order valence-electron chi connectivity index (χ3n) is 6.10. The van der Waals surface area contributed by atoms with Crippen molar-refractivity contribution < 1.29 is 53.4 Å². The van der Waals surface area contributed by atoms with Crippen molar-refractivity contribution in [2.45, 2.75) is 37.6 Å². The molecule has 1 atom stereocenters. The molecule has 0 bridgehead atoms. The first kappa shape index (κ1) is 28.1. The van der Waals surface area contributed by atoms with E-state index in [1.807, 2.05) is 0 Å². The first-order chi connectivity index (χ1) is 16.6. The van der Waals surface area contributed by atoms with Crippen LogP contribution in [0.25, 0.3) is 0 Å². The number of carbonyl (C=O) groups is 1. The molecule has 1 amide bonds. The van der Waals surface area contributed by atoms with Crippen molar-refractivity contribution in [1.82, 2.24) is 9.80 Å². The molecule has 204 valence electrons. The van der Waals surface area contributed by atoms with Gasteiger partial charge in [-0.2, -0.15) is 39.5 Å². The van der Waals surface area contributed by atoms with Gasteiger partial charge >= 0.3 is 24.6 Å². The van der Waals surface area contributed by atoms with Gasteiger partial charge in [-0.1, -0.05) is 6.07 Å². The molecule has 0 radical (unpaired) electrons. The van der Waals surface area contributed by atoms with Gasteiger partial charge in [-0.05, 0) is 24.1 Å². The second-order valence-corrected chi connectivity index (χ2v) is 8.71. The minimum absolute atomic E-state index is 0.0331. The maximum absolute atomic E-state index is 13.3. The van der Waals surface area contributed by atoms with Crippen LogP contribution in [0.1, 0.15) is 17.5 Å². The predicted octanol–water partition coefficient (Wildman–Crippen LogP) is 5.25. The maximum atomic E-state index is 13.3. The Labute approximate surface area is 199 Å². The Kier molecular flexibility index (Phi) is 8.20. The highest BCUT2D eigenvalue weighted by Gasteiger charge is 2.60. The van der Waals surface area contributed by atoms with Crippen LogP contribution in [0.2, 0.25) is 0 Å². The average Bonchev–Trinajstić information content (AvgIpc) is 3.25. The first-order valence-corrected chi connectivity index (χ1v) is 10.9. The number of carbonyl (C=O) groups excluding carboxylic acids is 1. The Balaban J connectivity index is 1.67. The Morgan fingerprint density at radius 3 is 2.06 bits per heavy atom. The zero-order valence-corrected chi connectivity index (χ0v) is 18.7. The summed E-state index contributed by atoms with van der Waals surface area (Å²) < 4.78 is 132. The van der Waals surface area contributed by atoms with Crippen molar-refractivity contribution in [3.05, 3.63) is 29.3 Å². The number of amides is 1. The van der Waals surface area contributed by atoms with Crippen molar-refractivity contribution in [2.75, 3.05) is 50.8 Å². The lowest BCUT2D eigenvalue weighted by Crippen LogP contribution is -2.52. The van der Waals surface area contributed by atoms with E-state index < -0.39 is 43.0 Å². The molecule has 0 aliphatic carbocycles. The molecule has 15 heteroatoms. The highest BCUT2D eigenvalue weighted by atomic mass is 19.4. The minimum Gasteiger partial charge on any atom is -0.426 e. The van der Waals surface area contributed by atoms with Crippen LogP contribution in [0, 0.1) is 5.92 Å². The van der Waals surface area contributed by atoms with E-state index in [9.17, 15) is 48.7 Å². The van der Waals surface area contributed by atoms with Gasteiger partial charge in [-0.25, -0.2) is 4.79 Å². The Hall–Kier alpha value is -2.45. The fourth-order valence-corrected chi connectivity index (χ4v) is 4.17. The van der Waals surface area contributed by atoms with Crippen LogP contribution in [0.4, 0.5) is 54.4 Å². The van der Waals surface area contributed by atoms with Gasteiger partial charge in [0.2, 0.25) is 0 Å². The fourth-order valence-electron chi connectivity index (χ4n) is 4.17. The molecule has 2 saturated heterocycles. The zero-order valence-electron chi connectivity index (χ0n) is 18.7. The van der Waals surface area contributed by atoms with Crippen molar-refractivity contribution in [1.29, 1.82) is 0 Å². The molecule has 0 saturated carbocycles. The third-order valence-corrected chi connectivity index (χ3v) is 6.10. The van der Waals surface area contributed by atoms with E-state index in [4.69, 9.17) is 0 Å². The van der Waals surface area contributed by atoms with Crippen molar-refractivity contribution in [3.63, 3.8) is 0 Å². The second-order valence-electron chi connectivity index (χ2n) is 8.71. The number of hydrogen-bond acceptors (Lipinski definition) is 4. The molecule has 5 nitrogen and oxygen atoms in total. The monoisotopic (exact) mass is 539 g/mol. The van der Waals surface area contributed by atoms with E-state index >= 15 is 0 Å². The van der Waals surface area contributed by atoms with E-state index in [0.717, 1.165) is 12.1 Å². The molecule has 1 aromatic carbocycles. The van der Waals surface area contributed by atoms with E-state index in [0.29, 0.717) is 23.4 Å². The van der Waals surface area contributed by atoms with Crippen LogP contribution < -0.4 is 4.90 Å². The highest BCUT2D eigenvalue weighted by molar-refractivity contribution is 5.68. The normalized spacial score (nSPS) is 20.4. The van der Waals surface area contributed by atoms with Crippen molar-refractivity contribution in [3.8, 4) is 0 Å². The van der Waals surface area contributed by atoms with E-state index in [-0.39, 0.29) is 50.9 Å². The summed E-state index contributed by atoms with van der Waals surface area (Å²) >= 11 is 0. The standard InChI is InChI=1S/C21H23F10N3O2/c22-10-13-3-4-34(11-13)16-9-15(19(23,24)25)2-1-14(16)12-32-5-7-33(8-6-32)18(35)36-17(20(26,27)28)21(29,30)31/h1-2,9,13,17H,3-8,10-12H2/t13-/m1/s1. The van der Waals surface area contributed by atoms with Gasteiger partial charge in [-0.15, -0.1) is 0 Å². The fraction of sp³-hybridized carbons (Fsp3) is 0.667. The number of hydrogen-bond donors (Lipinski definition) is 0. The molecule has 0 N–H and O–H groups in total. The molecule has 1 aromatic rings. The van der Waals surface area contributed by atoms with Crippen LogP contribution >= 0.6 is 0 Å². The number of nitrogens with zero attached hydrogens (tertiary/aromatic N) is 3. The topological polar surface area (TPSA) is 36.0 Å². The van der Waals surface area contributed by atoms with E-state index in [1.165, 1.54) is 6.07 Å². The third kappa shape index (κ3) is 6.85. The number of alkyl halides is 10. The molecule has 2 fully saturated rings. The molecule has 2 heterocycles. The Morgan fingerprint density at radius 2 is 1.56 bits per heavy atom. The van der Waals surface area contributed by atoms with Crippen LogP contribution in [-0.2, 0) is 17.5 Å². The SMILES string of the molecule is O=C(OC(C(F)(F)F)C(F)(F)F)N1CCN(Cc2ccc(C(F)(F)F)cc2N2CC[C@H](CF)C2)CC1. The number of halogens is 10. The molecule has 0 unspecified atom stereocenters. The summed E-state index contributed by atoms with van der Waals surface area (Å²) in [4.78, 5) is 16.0. The van der Waals surface area contributed by atoms with Gasteiger partial charge in [0.1, 0.15) is 0 Å². The lowest BCUT2D eigenvalue weighted by atomic mass is 10.1. The van der Waals surface area contributed by atoms with E-state index in [1.54, 1.807) is 9.80 Å². The summed E-state index contributed by atoms with van der Waals surface area (Å²) in [6.07, 6.45) is -21.8. The van der Waals surface area contributed by atoms with Crippen LogP contribution in [-0.4, -0.2) is 80.3 Å². The zero-order chi connectivity index (χ0) is 26.9. The highest BCUT2D eigenvalue weighted by Crippen LogP contribution is 2.37. The summed E-state index contributed by atoms with van der Waals surface area (Å²) in [5.41, 5.74) is -0.102. The van der Waals surface area contributed by atoms with Gasteiger partial charge in [-0.3, -0.25) is 9.29 Å². The summed E-state index contributed by atoms with van der Waals surface area (Å²) in [6, 6.07) is 3.18. The number of rotatable bonds is 5. The van der Waals surface area contributed by atoms with Gasteiger partial charge in [0.05, 0.1) is 12.2 Å². The Morgan fingerprint density at radius 1 is 0.944 bits per heavy atom. The molecule has 2 aliphatic heterocycles. The molecule has 2 aliphatic rings. The second kappa shape index (κ2) is 10.5. The molecule has 0 aromatic heterocycles. The number of anilines is 1. The quantitative estimate of drug-likeness (QED) is 0.480. The lowest BCUT2D eigenvalue weighted by Gasteiger charge is -2.36. The average molecular weight is 539 g/mol. The van der Waals surface area contributed by atoms with Crippen LogP contribution in [0.15, 0.2) is 18.2 Å². The lowest BCUT2D eigenvalue weighted by molar-refractivity contribution is -0.308. The maximum Gasteiger partial charge on any atom is 0.434 e. The first-order valence-electron chi connectivity index (χ1n) is 10.9. The minimum atomic E-state index is -5.83. The summed E-state index contributed by atoms with van der Waals surface area (Å²) in [5, 5.41) is 0. The molecular formula is C21H23F10N3O2. The van der Waals surface area contributed by atoms with Crippen molar-refractivity contribution >= 4 is 11.8 Å². The molecule has 3 rings (SSSR count). The number of benzene rings is 1. The van der Waals surface area contributed by atoms with Crippen LogP contribution in [0.3, 0.4) is 0 Å². The summed E-state index contributed by atoms with van der Waals surface area (Å²) in [7, 11) is 0. The van der Waals surface area contributed by atoms with Gasteiger partial charge < -0.3 is 14.5 Å². The van der Waals surface area contributed by atoms with Crippen LogP contribution in [0.5, 0.6) is 0 Å². The smallest absolute Gasteiger partial charge is 0.426 e. The molecular weight excluding hydrogens is 516 g/mol. The summed E-state index contributed by atoms with van der Waals surface area (Å²) in [5.74, 6) is -0.306. The number of ether oxygens (including phenoxy) is 1.